The molecule has 1 saturated carbocycles. The minimum absolute atomic E-state index is 0.0103. The Morgan fingerprint density at radius 3 is 2.50 bits per heavy atom. The minimum Gasteiger partial charge on any atom is -0.491 e. The first-order chi connectivity index (χ1) is 16.1. The monoisotopic (exact) mass is 483 g/mol. The number of sulfonamides is 1. The van der Waals surface area contributed by atoms with Crippen molar-refractivity contribution in [1.29, 1.82) is 0 Å². The Morgan fingerprint density at radius 2 is 1.88 bits per heavy atom. The SMILES string of the molecule is Cc1ccc2c(CC(=O)O)nn([C@H]3CN(S(=O)(=O)c4ccc(OC(C)C)cc4)[C@H]4CC[C@H]43)c2c1. The number of hydrogen-bond acceptors (Lipinski definition) is 5. The van der Waals surface area contributed by atoms with Crippen LogP contribution in [0, 0.1) is 12.8 Å². The van der Waals surface area contributed by atoms with Gasteiger partial charge in [-0.1, -0.05) is 12.1 Å². The highest BCUT2D eigenvalue weighted by atomic mass is 32.2. The quantitative estimate of drug-likeness (QED) is 0.549. The molecule has 1 aromatic heterocycles. The molecule has 5 rings (SSSR count). The van der Waals surface area contributed by atoms with Crippen molar-refractivity contribution in [3.05, 3.63) is 53.7 Å². The van der Waals surface area contributed by atoms with E-state index in [0.717, 1.165) is 29.3 Å². The lowest BCUT2D eigenvalue weighted by molar-refractivity contribution is -0.136. The zero-order valence-electron chi connectivity index (χ0n) is 19.5. The summed E-state index contributed by atoms with van der Waals surface area (Å²) in [5, 5.41) is 14.9. The summed E-state index contributed by atoms with van der Waals surface area (Å²) in [7, 11) is -3.69. The van der Waals surface area contributed by atoms with Crippen LogP contribution in [0.4, 0.5) is 0 Å². The largest absolute Gasteiger partial charge is 0.491 e. The van der Waals surface area contributed by atoms with Gasteiger partial charge in [0.05, 0.1) is 34.7 Å². The van der Waals surface area contributed by atoms with Crippen LogP contribution in [0.15, 0.2) is 47.4 Å². The Kier molecular flexibility index (Phi) is 5.64. The van der Waals surface area contributed by atoms with Crippen molar-refractivity contribution in [2.24, 2.45) is 5.92 Å². The van der Waals surface area contributed by atoms with Crippen LogP contribution < -0.4 is 4.74 Å². The van der Waals surface area contributed by atoms with E-state index in [1.165, 1.54) is 0 Å². The van der Waals surface area contributed by atoms with Crippen molar-refractivity contribution in [2.45, 2.75) is 63.1 Å². The number of carboxylic acids is 1. The van der Waals surface area contributed by atoms with E-state index >= 15 is 0 Å². The zero-order valence-corrected chi connectivity index (χ0v) is 20.3. The predicted molar refractivity (Wildman–Crippen MR) is 127 cm³/mol. The van der Waals surface area contributed by atoms with E-state index in [-0.39, 0.29) is 35.4 Å². The van der Waals surface area contributed by atoms with Gasteiger partial charge in [-0.2, -0.15) is 9.40 Å². The first-order valence-electron chi connectivity index (χ1n) is 11.6. The molecular weight excluding hydrogens is 454 g/mol. The van der Waals surface area contributed by atoms with Crippen molar-refractivity contribution < 1.29 is 23.1 Å². The Morgan fingerprint density at radius 1 is 1.15 bits per heavy atom. The van der Waals surface area contributed by atoms with Gasteiger partial charge in [0.25, 0.3) is 0 Å². The number of aliphatic carboxylic acids is 1. The Bertz CT molecular complexity index is 1350. The lowest BCUT2D eigenvalue weighted by atomic mass is 9.78. The maximum absolute atomic E-state index is 13.6. The summed E-state index contributed by atoms with van der Waals surface area (Å²) in [6.07, 6.45) is 1.58. The van der Waals surface area contributed by atoms with Crippen molar-refractivity contribution in [2.75, 3.05) is 6.54 Å². The Hall–Kier alpha value is -2.91. The summed E-state index contributed by atoms with van der Waals surface area (Å²) in [5.74, 6) is -0.145. The smallest absolute Gasteiger partial charge is 0.309 e. The normalized spacial score (nSPS) is 22.6. The van der Waals surface area contributed by atoms with Crippen molar-refractivity contribution >= 4 is 26.9 Å². The van der Waals surface area contributed by atoms with Crippen LogP contribution in [0.2, 0.25) is 0 Å². The number of fused-ring (bicyclic) bond motifs is 2. The summed E-state index contributed by atoms with van der Waals surface area (Å²) in [5.41, 5.74) is 2.42. The second-order valence-electron chi connectivity index (χ2n) is 9.57. The maximum Gasteiger partial charge on any atom is 0.309 e. The molecule has 3 atom stereocenters. The van der Waals surface area contributed by atoms with Crippen LogP contribution in [0.1, 0.15) is 44.0 Å². The maximum atomic E-state index is 13.6. The van der Waals surface area contributed by atoms with E-state index in [1.54, 1.807) is 28.6 Å². The molecule has 9 heteroatoms. The van der Waals surface area contributed by atoms with Gasteiger partial charge in [-0.15, -0.1) is 0 Å². The highest BCUT2D eigenvalue weighted by Gasteiger charge is 2.53. The average molecular weight is 484 g/mol. The summed E-state index contributed by atoms with van der Waals surface area (Å²) in [6, 6.07) is 12.3. The van der Waals surface area contributed by atoms with E-state index in [0.29, 0.717) is 18.0 Å². The topological polar surface area (TPSA) is 102 Å². The molecule has 0 amide bonds. The van der Waals surface area contributed by atoms with Crippen LogP contribution in [0.5, 0.6) is 5.75 Å². The van der Waals surface area contributed by atoms with Gasteiger partial charge in [-0.05, 0) is 75.4 Å². The number of rotatable bonds is 7. The second kappa shape index (κ2) is 8.39. The lowest BCUT2D eigenvalue weighted by Crippen LogP contribution is -2.43. The van der Waals surface area contributed by atoms with Crippen LogP contribution in [-0.2, 0) is 21.2 Å². The van der Waals surface area contributed by atoms with Gasteiger partial charge in [0.15, 0.2) is 0 Å². The number of benzene rings is 2. The third-order valence-electron chi connectivity index (χ3n) is 6.90. The van der Waals surface area contributed by atoms with Crippen LogP contribution >= 0.6 is 0 Å². The van der Waals surface area contributed by atoms with E-state index in [1.807, 2.05) is 43.7 Å². The number of aryl methyl sites for hydroxylation is 1. The standard InChI is InChI=1S/C25H29N3O5S/c1-15(2)33-17-5-7-18(8-6-17)34(31,32)27-14-24(20-10-11-22(20)27)28-23-12-16(3)4-9-19(23)21(26-28)13-25(29)30/h4-9,12,15,20,22,24H,10-11,13-14H2,1-3H3,(H,29,30)/t20-,22+,24+/m1/s1. The van der Waals surface area contributed by atoms with Gasteiger partial charge >= 0.3 is 5.97 Å². The molecule has 0 radical (unpaired) electrons. The van der Waals surface area contributed by atoms with Gasteiger partial charge < -0.3 is 9.84 Å². The molecule has 1 saturated heterocycles. The van der Waals surface area contributed by atoms with Gasteiger partial charge in [0, 0.05) is 18.0 Å². The van der Waals surface area contributed by atoms with Crippen molar-refractivity contribution in [3.8, 4) is 5.75 Å². The molecule has 0 unspecified atom stereocenters. The Balaban J connectivity index is 1.48. The van der Waals surface area contributed by atoms with Crippen molar-refractivity contribution in [1.82, 2.24) is 14.1 Å². The number of aromatic nitrogens is 2. The fourth-order valence-electron chi connectivity index (χ4n) is 5.24. The number of carbonyl (C=O) groups is 1. The highest BCUT2D eigenvalue weighted by Crippen LogP contribution is 2.49. The third kappa shape index (κ3) is 3.86. The van der Waals surface area contributed by atoms with E-state index in [9.17, 15) is 18.3 Å². The molecular formula is C25H29N3O5S. The minimum atomic E-state index is -3.69. The summed E-state index contributed by atoms with van der Waals surface area (Å²) < 4.78 is 36.3. The molecule has 2 heterocycles. The van der Waals surface area contributed by atoms with E-state index < -0.39 is 16.0 Å². The lowest BCUT2D eigenvalue weighted by Gasteiger charge is -2.36. The van der Waals surface area contributed by atoms with Gasteiger partial charge in [0.1, 0.15) is 5.75 Å². The fraction of sp³-hybridized carbons (Fsp3) is 0.440. The highest BCUT2D eigenvalue weighted by molar-refractivity contribution is 7.89. The van der Waals surface area contributed by atoms with Crippen LogP contribution in [0.3, 0.4) is 0 Å². The van der Waals surface area contributed by atoms with Crippen LogP contribution in [0.25, 0.3) is 10.9 Å². The molecule has 180 valence electrons. The molecule has 0 bridgehead atoms. The summed E-state index contributed by atoms with van der Waals surface area (Å²) >= 11 is 0. The molecule has 1 N–H and O–H groups in total. The zero-order chi connectivity index (χ0) is 24.2. The molecule has 1 aliphatic carbocycles. The molecule has 2 fully saturated rings. The molecule has 2 aliphatic rings. The van der Waals surface area contributed by atoms with Crippen LogP contribution in [-0.4, -0.2) is 52.3 Å². The van der Waals surface area contributed by atoms with E-state index in [2.05, 4.69) is 0 Å². The molecule has 1 aliphatic heterocycles. The number of hydrogen-bond donors (Lipinski definition) is 1. The third-order valence-corrected chi connectivity index (χ3v) is 8.80. The number of nitrogens with zero attached hydrogens (tertiary/aromatic N) is 3. The number of carboxylic acid groups (broad SMARTS) is 1. The first-order valence-corrected chi connectivity index (χ1v) is 13.1. The molecule has 8 nitrogen and oxygen atoms in total. The Labute approximate surface area is 199 Å². The fourth-order valence-corrected chi connectivity index (χ4v) is 6.96. The first kappa shape index (κ1) is 22.9. The summed E-state index contributed by atoms with van der Waals surface area (Å²) in [4.78, 5) is 11.7. The molecule has 2 aromatic carbocycles. The van der Waals surface area contributed by atoms with Crippen molar-refractivity contribution in [3.63, 3.8) is 0 Å². The van der Waals surface area contributed by atoms with Gasteiger partial charge in [0.2, 0.25) is 10.0 Å². The second-order valence-corrected chi connectivity index (χ2v) is 11.5. The molecule has 34 heavy (non-hydrogen) atoms. The summed E-state index contributed by atoms with van der Waals surface area (Å²) in [6.45, 7) is 6.15. The van der Waals surface area contributed by atoms with E-state index in [4.69, 9.17) is 9.84 Å². The number of ether oxygens (including phenoxy) is 1. The molecule has 3 aromatic rings. The van der Waals surface area contributed by atoms with Gasteiger partial charge in [-0.25, -0.2) is 8.42 Å². The predicted octanol–water partition coefficient (Wildman–Crippen LogP) is 3.78. The molecule has 0 spiro atoms. The average Bonchev–Trinajstić information content (AvgIpc) is 3.21. The van der Waals surface area contributed by atoms with Gasteiger partial charge in [-0.3, -0.25) is 9.48 Å².